The van der Waals surface area contributed by atoms with Gasteiger partial charge in [-0.25, -0.2) is 0 Å². The number of ether oxygens (including phenoxy) is 1. The lowest BCUT2D eigenvalue weighted by molar-refractivity contribution is 0.0380. The van der Waals surface area contributed by atoms with Crippen LogP contribution < -0.4 is 4.74 Å². The standard InChI is InChI=1S/C30H34N6OS/c1-37-28-16-15-25(36-30(38-2)31-32-33-36)18-24(28)19-34-20-26-14-9-17-35(26)27(21-34)29(22-10-5-3-6-11-22)23-12-7-4-8-13-23/h3-8,10-13,15-16,18,26-27,29H,9,14,17,19-21H2,1-2H3/t26-,27-/m0/s1. The van der Waals surface area contributed by atoms with E-state index in [0.29, 0.717) is 18.0 Å². The van der Waals surface area contributed by atoms with Gasteiger partial charge in [-0.1, -0.05) is 72.4 Å². The first-order chi connectivity index (χ1) is 18.7. The summed E-state index contributed by atoms with van der Waals surface area (Å²) in [4.78, 5) is 5.42. The van der Waals surface area contributed by atoms with Crippen molar-refractivity contribution < 1.29 is 4.74 Å². The average molecular weight is 527 g/mol. The molecule has 0 unspecified atom stereocenters. The Morgan fingerprint density at radius 2 is 1.71 bits per heavy atom. The van der Waals surface area contributed by atoms with Crippen molar-refractivity contribution in [2.75, 3.05) is 33.0 Å². The minimum absolute atomic E-state index is 0.319. The molecule has 3 aromatic carbocycles. The van der Waals surface area contributed by atoms with Crippen LogP contribution in [0.25, 0.3) is 5.69 Å². The Balaban J connectivity index is 1.34. The Morgan fingerprint density at radius 1 is 0.974 bits per heavy atom. The van der Waals surface area contributed by atoms with Gasteiger partial charge in [0.05, 0.1) is 12.8 Å². The molecule has 7 nitrogen and oxygen atoms in total. The molecule has 0 spiro atoms. The summed E-state index contributed by atoms with van der Waals surface area (Å²) in [6.45, 7) is 4.07. The maximum Gasteiger partial charge on any atom is 0.213 e. The summed E-state index contributed by atoms with van der Waals surface area (Å²) >= 11 is 1.54. The first-order valence-electron chi connectivity index (χ1n) is 13.3. The van der Waals surface area contributed by atoms with E-state index in [4.69, 9.17) is 4.74 Å². The molecule has 0 radical (unpaired) electrons. The van der Waals surface area contributed by atoms with Gasteiger partial charge in [0, 0.05) is 43.2 Å². The lowest BCUT2D eigenvalue weighted by Crippen LogP contribution is -2.57. The number of nitrogens with zero attached hydrogens (tertiary/aromatic N) is 6. The maximum absolute atomic E-state index is 5.81. The highest BCUT2D eigenvalue weighted by atomic mass is 32.2. The van der Waals surface area contributed by atoms with E-state index in [0.717, 1.165) is 41.8 Å². The van der Waals surface area contributed by atoms with Crippen LogP contribution in [0.15, 0.2) is 84.0 Å². The van der Waals surface area contributed by atoms with Gasteiger partial charge in [0.1, 0.15) is 5.75 Å². The van der Waals surface area contributed by atoms with Crippen LogP contribution in [0.2, 0.25) is 0 Å². The van der Waals surface area contributed by atoms with E-state index in [9.17, 15) is 0 Å². The van der Waals surface area contributed by atoms with Crippen LogP contribution in [-0.4, -0.2) is 75.1 Å². The average Bonchev–Trinajstić information content (AvgIpc) is 3.64. The number of hydrogen-bond acceptors (Lipinski definition) is 7. The molecular weight excluding hydrogens is 492 g/mol. The third kappa shape index (κ3) is 4.96. The van der Waals surface area contributed by atoms with Crippen LogP contribution in [-0.2, 0) is 6.54 Å². The van der Waals surface area contributed by atoms with Crippen LogP contribution in [0.5, 0.6) is 5.75 Å². The van der Waals surface area contributed by atoms with Crippen molar-refractivity contribution >= 4 is 11.8 Å². The first-order valence-corrected chi connectivity index (χ1v) is 14.6. The number of fused-ring (bicyclic) bond motifs is 1. The molecule has 2 fully saturated rings. The topological polar surface area (TPSA) is 59.3 Å². The van der Waals surface area contributed by atoms with Crippen molar-refractivity contribution in [2.24, 2.45) is 0 Å². The fourth-order valence-corrected chi connectivity index (χ4v) is 6.78. The molecular formula is C30H34N6OS. The molecule has 6 rings (SSSR count). The van der Waals surface area contributed by atoms with Crippen molar-refractivity contribution in [1.29, 1.82) is 0 Å². The third-order valence-electron chi connectivity index (χ3n) is 7.99. The van der Waals surface area contributed by atoms with E-state index in [-0.39, 0.29) is 0 Å². The van der Waals surface area contributed by atoms with Crippen LogP contribution in [0.3, 0.4) is 0 Å². The predicted octanol–water partition coefficient (Wildman–Crippen LogP) is 4.87. The zero-order chi connectivity index (χ0) is 25.9. The second-order valence-electron chi connectivity index (χ2n) is 10.2. The van der Waals surface area contributed by atoms with E-state index in [1.807, 2.05) is 18.4 Å². The molecule has 8 heteroatoms. The molecule has 4 aromatic rings. The Morgan fingerprint density at radius 3 is 2.39 bits per heavy atom. The third-order valence-corrected chi connectivity index (χ3v) is 8.61. The van der Waals surface area contributed by atoms with Crippen molar-refractivity contribution in [3.63, 3.8) is 0 Å². The quantitative estimate of drug-likeness (QED) is 0.304. The summed E-state index contributed by atoms with van der Waals surface area (Å²) in [5, 5.41) is 13.0. The fraction of sp³-hybridized carbons (Fsp3) is 0.367. The summed E-state index contributed by atoms with van der Waals surface area (Å²) in [6, 6.07) is 29.3. The number of thioether (sulfide) groups is 1. The van der Waals surface area contributed by atoms with Crippen molar-refractivity contribution in [3.8, 4) is 11.4 Å². The summed E-state index contributed by atoms with van der Waals surface area (Å²) < 4.78 is 7.61. The second kappa shape index (κ2) is 11.3. The molecule has 0 amide bonds. The summed E-state index contributed by atoms with van der Waals surface area (Å²) in [6.07, 6.45) is 4.51. The number of piperazine rings is 1. The van der Waals surface area contributed by atoms with Gasteiger partial charge in [0.25, 0.3) is 0 Å². The largest absolute Gasteiger partial charge is 0.496 e. The van der Waals surface area contributed by atoms with Crippen LogP contribution >= 0.6 is 11.8 Å². The maximum atomic E-state index is 5.81. The molecule has 2 aliphatic heterocycles. The number of aromatic nitrogens is 4. The zero-order valence-electron chi connectivity index (χ0n) is 22.0. The Bertz CT molecular complexity index is 1310. The Kier molecular flexibility index (Phi) is 7.44. The Labute approximate surface area is 228 Å². The molecule has 196 valence electrons. The monoisotopic (exact) mass is 526 g/mol. The van der Waals surface area contributed by atoms with Crippen molar-refractivity contribution in [1.82, 2.24) is 30.0 Å². The van der Waals surface area contributed by atoms with Gasteiger partial charge < -0.3 is 4.74 Å². The number of tetrazole rings is 1. The van der Waals surface area contributed by atoms with Gasteiger partial charge in [0.15, 0.2) is 0 Å². The van der Waals surface area contributed by atoms with Gasteiger partial charge >= 0.3 is 0 Å². The summed E-state index contributed by atoms with van der Waals surface area (Å²) in [5.41, 5.74) is 4.89. The van der Waals surface area contributed by atoms with E-state index in [2.05, 4.69) is 92.1 Å². The molecule has 0 aliphatic carbocycles. The number of rotatable bonds is 8. The van der Waals surface area contributed by atoms with Crippen molar-refractivity contribution in [2.45, 2.75) is 42.5 Å². The van der Waals surface area contributed by atoms with Crippen LogP contribution in [0.4, 0.5) is 0 Å². The molecule has 2 aliphatic rings. The fourth-order valence-electron chi connectivity index (χ4n) is 6.35. The molecule has 0 N–H and O–H groups in total. The Hall–Kier alpha value is -3.20. The van der Waals surface area contributed by atoms with Gasteiger partial charge in [0.2, 0.25) is 5.16 Å². The molecule has 0 saturated carbocycles. The van der Waals surface area contributed by atoms with E-state index < -0.39 is 0 Å². The number of hydrogen-bond donors (Lipinski definition) is 0. The minimum atomic E-state index is 0.319. The summed E-state index contributed by atoms with van der Waals surface area (Å²) in [5.74, 6) is 1.22. The molecule has 2 saturated heterocycles. The van der Waals surface area contributed by atoms with Gasteiger partial charge in [-0.3, -0.25) is 9.80 Å². The zero-order valence-corrected chi connectivity index (χ0v) is 22.8. The minimum Gasteiger partial charge on any atom is -0.496 e. The van der Waals surface area contributed by atoms with E-state index in [1.54, 1.807) is 11.8 Å². The van der Waals surface area contributed by atoms with Gasteiger partial charge in [-0.15, -0.1) is 5.10 Å². The summed E-state index contributed by atoms with van der Waals surface area (Å²) in [7, 11) is 1.75. The van der Waals surface area contributed by atoms with Gasteiger partial charge in [-0.05, 0) is 65.4 Å². The molecule has 3 heterocycles. The van der Waals surface area contributed by atoms with E-state index in [1.165, 1.54) is 42.3 Å². The normalized spacial score (nSPS) is 20.1. The predicted molar refractivity (Wildman–Crippen MR) is 151 cm³/mol. The number of benzene rings is 3. The smallest absolute Gasteiger partial charge is 0.213 e. The lowest BCUT2D eigenvalue weighted by Gasteiger charge is -2.47. The molecule has 38 heavy (non-hydrogen) atoms. The molecule has 0 bridgehead atoms. The SMILES string of the molecule is COc1ccc(-n2nnnc2SC)cc1CN1C[C@@H]2CCCN2[C@H](C(c2ccccc2)c2ccccc2)C1. The highest BCUT2D eigenvalue weighted by molar-refractivity contribution is 7.98. The first kappa shape index (κ1) is 25.1. The van der Waals surface area contributed by atoms with E-state index >= 15 is 0 Å². The number of methoxy groups -OCH3 is 1. The highest BCUT2D eigenvalue weighted by Gasteiger charge is 2.41. The molecule has 1 aromatic heterocycles. The highest BCUT2D eigenvalue weighted by Crippen LogP contribution is 2.38. The lowest BCUT2D eigenvalue weighted by atomic mass is 9.82. The van der Waals surface area contributed by atoms with Crippen LogP contribution in [0, 0.1) is 0 Å². The van der Waals surface area contributed by atoms with Crippen LogP contribution in [0.1, 0.15) is 35.4 Å². The second-order valence-corrected chi connectivity index (χ2v) is 10.9. The molecule has 2 atom stereocenters. The van der Waals surface area contributed by atoms with Crippen molar-refractivity contribution in [3.05, 3.63) is 95.6 Å². The van der Waals surface area contributed by atoms with Gasteiger partial charge in [-0.2, -0.15) is 4.68 Å².